The number of allylic oxidation sites excluding steroid dienone is 1. The van der Waals surface area contributed by atoms with Crippen molar-refractivity contribution in [2.45, 2.75) is 19.8 Å². The lowest BCUT2D eigenvalue weighted by Gasteiger charge is -2.05. The molecule has 0 bridgehead atoms. The first-order valence-corrected chi connectivity index (χ1v) is 6.68. The average molecular weight is 266 g/mol. The Hall–Kier alpha value is -2.35. The molecule has 2 aromatic rings. The quantitative estimate of drug-likeness (QED) is 0.499. The molecule has 2 rings (SSSR count). The van der Waals surface area contributed by atoms with Gasteiger partial charge in [0.1, 0.15) is 5.76 Å². The Kier molecular flexibility index (Phi) is 4.36. The van der Waals surface area contributed by atoms with Crippen molar-refractivity contribution in [2.75, 3.05) is 0 Å². The number of aliphatic hydroxyl groups is 1. The fraction of sp³-hybridized carbons (Fsp3) is 0.167. The minimum Gasteiger partial charge on any atom is -0.507 e. The summed E-state index contributed by atoms with van der Waals surface area (Å²) in [6.07, 6.45) is 1.26. The molecule has 20 heavy (non-hydrogen) atoms. The molecule has 2 nitrogen and oxygen atoms in total. The lowest BCUT2D eigenvalue weighted by Crippen LogP contribution is -1.97. The number of aliphatic hydroxyl groups excluding tert-OH is 1. The first-order chi connectivity index (χ1) is 9.58. The molecule has 0 aliphatic heterocycles. The van der Waals surface area contributed by atoms with E-state index in [1.54, 1.807) is 24.3 Å². The number of carbonyl (C=O) groups is 1. The van der Waals surface area contributed by atoms with E-state index in [1.165, 1.54) is 11.6 Å². The van der Waals surface area contributed by atoms with E-state index in [4.69, 9.17) is 0 Å². The van der Waals surface area contributed by atoms with E-state index in [-0.39, 0.29) is 11.5 Å². The molecule has 0 saturated carbocycles. The summed E-state index contributed by atoms with van der Waals surface area (Å²) in [7, 11) is 0. The third kappa shape index (κ3) is 3.35. The van der Waals surface area contributed by atoms with Gasteiger partial charge in [-0.1, -0.05) is 68.4 Å². The predicted octanol–water partition coefficient (Wildman–Crippen LogP) is 4.59. The summed E-state index contributed by atoms with van der Waals surface area (Å²) in [6, 6.07) is 16.5. The van der Waals surface area contributed by atoms with Crippen molar-refractivity contribution in [3.63, 3.8) is 0 Å². The molecule has 1 N–H and O–H groups in total. The molecule has 0 unspecified atom stereocenters. The standard InChI is InChI=1S/C18H18O2/c1-13(2)14-8-10-16(11-9-14)18(20)12-17(19)15-6-4-3-5-7-15/h3-13,19H,1-2H3/b17-12+. The van der Waals surface area contributed by atoms with Crippen molar-refractivity contribution in [1.29, 1.82) is 0 Å². The lowest BCUT2D eigenvalue weighted by atomic mass is 10.00. The first-order valence-electron chi connectivity index (χ1n) is 6.68. The molecule has 0 aromatic heterocycles. The number of hydrogen-bond acceptors (Lipinski definition) is 2. The Labute approximate surface area is 119 Å². The van der Waals surface area contributed by atoms with Gasteiger partial charge >= 0.3 is 0 Å². The van der Waals surface area contributed by atoms with Crippen LogP contribution in [0.3, 0.4) is 0 Å². The van der Waals surface area contributed by atoms with Crippen LogP contribution in [-0.2, 0) is 0 Å². The van der Waals surface area contributed by atoms with Crippen LogP contribution in [-0.4, -0.2) is 10.9 Å². The van der Waals surface area contributed by atoms with Crippen LogP contribution < -0.4 is 0 Å². The van der Waals surface area contributed by atoms with Crippen LogP contribution in [0.15, 0.2) is 60.7 Å². The molecule has 0 spiro atoms. The Morgan fingerprint density at radius 3 is 2.10 bits per heavy atom. The third-order valence-electron chi connectivity index (χ3n) is 3.20. The van der Waals surface area contributed by atoms with E-state index in [0.29, 0.717) is 17.0 Å². The van der Waals surface area contributed by atoms with Crippen LogP contribution in [0.5, 0.6) is 0 Å². The van der Waals surface area contributed by atoms with E-state index in [2.05, 4.69) is 13.8 Å². The van der Waals surface area contributed by atoms with Gasteiger partial charge in [0.25, 0.3) is 0 Å². The Bertz CT molecular complexity index is 608. The first kappa shape index (κ1) is 14.1. The summed E-state index contributed by atoms with van der Waals surface area (Å²) in [4.78, 5) is 12.1. The molecule has 2 heteroatoms. The van der Waals surface area contributed by atoms with Crippen molar-refractivity contribution in [3.8, 4) is 0 Å². The Balaban J connectivity index is 2.19. The van der Waals surface area contributed by atoms with Crippen molar-refractivity contribution in [1.82, 2.24) is 0 Å². The second-order valence-corrected chi connectivity index (χ2v) is 5.04. The summed E-state index contributed by atoms with van der Waals surface area (Å²) in [5.74, 6) is 0.234. The van der Waals surface area contributed by atoms with Crippen LogP contribution in [0.4, 0.5) is 0 Å². The second kappa shape index (κ2) is 6.20. The molecule has 102 valence electrons. The molecule has 0 amide bonds. The number of carbonyl (C=O) groups excluding carboxylic acids is 1. The summed E-state index contributed by atoms with van der Waals surface area (Å²) in [5.41, 5.74) is 2.41. The van der Waals surface area contributed by atoms with E-state index in [1.807, 2.05) is 30.3 Å². The Morgan fingerprint density at radius 1 is 0.950 bits per heavy atom. The van der Waals surface area contributed by atoms with Crippen molar-refractivity contribution in [3.05, 3.63) is 77.4 Å². The normalized spacial score (nSPS) is 11.7. The molecule has 0 heterocycles. The van der Waals surface area contributed by atoms with Gasteiger partial charge in [0, 0.05) is 17.2 Å². The average Bonchev–Trinajstić information content (AvgIpc) is 2.48. The van der Waals surface area contributed by atoms with Crippen molar-refractivity contribution < 1.29 is 9.90 Å². The summed E-state index contributed by atoms with van der Waals surface area (Å²) in [5, 5.41) is 9.94. The molecule has 0 radical (unpaired) electrons. The Morgan fingerprint density at radius 2 is 1.55 bits per heavy atom. The van der Waals surface area contributed by atoms with Crippen LogP contribution >= 0.6 is 0 Å². The summed E-state index contributed by atoms with van der Waals surface area (Å²) in [6.45, 7) is 4.22. The fourth-order valence-electron chi connectivity index (χ4n) is 1.93. The number of benzene rings is 2. The van der Waals surface area contributed by atoms with Gasteiger partial charge < -0.3 is 5.11 Å². The number of rotatable bonds is 4. The highest BCUT2D eigenvalue weighted by Crippen LogP contribution is 2.16. The topological polar surface area (TPSA) is 37.3 Å². The molecule has 0 aliphatic rings. The zero-order chi connectivity index (χ0) is 14.5. The number of ketones is 1. The van der Waals surface area contributed by atoms with Gasteiger partial charge in [0.2, 0.25) is 0 Å². The summed E-state index contributed by atoms with van der Waals surface area (Å²) >= 11 is 0. The maximum atomic E-state index is 12.1. The minimum atomic E-state index is -0.193. The van der Waals surface area contributed by atoms with Crippen molar-refractivity contribution in [2.24, 2.45) is 0 Å². The molecule has 0 fully saturated rings. The maximum absolute atomic E-state index is 12.1. The molecule has 2 aromatic carbocycles. The van der Waals surface area contributed by atoms with Crippen LogP contribution in [0, 0.1) is 0 Å². The predicted molar refractivity (Wildman–Crippen MR) is 81.9 cm³/mol. The summed E-state index contributed by atoms with van der Waals surface area (Å²) < 4.78 is 0. The highest BCUT2D eigenvalue weighted by Gasteiger charge is 2.07. The monoisotopic (exact) mass is 266 g/mol. The van der Waals surface area contributed by atoms with Crippen LogP contribution in [0.25, 0.3) is 5.76 Å². The second-order valence-electron chi connectivity index (χ2n) is 5.04. The van der Waals surface area contributed by atoms with E-state index in [0.717, 1.165) is 0 Å². The van der Waals surface area contributed by atoms with Crippen LogP contribution in [0.2, 0.25) is 0 Å². The van der Waals surface area contributed by atoms with Gasteiger partial charge in [-0.2, -0.15) is 0 Å². The molecule has 0 aliphatic carbocycles. The minimum absolute atomic E-state index is 0.0106. The molecule has 0 saturated heterocycles. The van der Waals surface area contributed by atoms with E-state index < -0.39 is 0 Å². The van der Waals surface area contributed by atoms with Gasteiger partial charge in [-0.25, -0.2) is 0 Å². The van der Waals surface area contributed by atoms with Gasteiger partial charge in [0.15, 0.2) is 5.78 Å². The fourth-order valence-corrected chi connectivity index (χ4v) is 1.93. The van der Waals surface area contributed by atoms with Crippen LogP contribution in [0.1, 0.15) is 41.3 Å². The number of hydrogen-bond donors (Lipinski definition) is 1. The molecular weight excluding hydrogens is 248 g/mol. The van der Waals surface area contributed by atoms with E-state index >= 15 is 0 Å². The van der Waals surface area contributed by atoms with Gasteiger partial charge in [0.05, 0.1) is 0 Å². The smallest absolute Gasteiger partial charge is 0.189 e. The molecule has 0 atom stereocenters. The highest BCUT2D eigenvalue weighted by atomic mass is 16.3. The maximum Gasteiger partial charge on any atom is 0.189 e. The third-order valence-corrected chi connectivity index (χ3v) is 3.20. The SMILES string of the molecule is CC(C)c1ccc(C(=O)/C=C(/O)c2ccccc2)cc1. The van der Waals surface area contributed by atoms with Gasteiger partial charge in [-0.15, -0.1) is 0 Å². The van der Waals surface area contributed by atoms with Gasteiger partial charge in [-0.3, -0.25) is 4.79 Å². The zero-order valence-corrected chi connectivity index (χ0v) is 11.7. The van der Waals surface area contributed by atoms with Crippen molar-refractivity contribution >= 4 is 11.5 Å². The highest BCUT2D eigenvalue weighted by molar-refractivity contribution is 6.07. The lowest BCUT2D eigenvalue weighted by molar-refractivity contribution is 0.104. The molecular formula is C18H18O2. The zero-order valence-electron chi connectivity index (χ0n) is 11.7. The van der Waals surface area contributed by atoms with E-state index in [9.17, 15) is 9.90 Å². The van der Waals surface area contributed by atoms with Gasteiger partial charge in [-0.05, 0) is 11.5 Å². The largest absolute Gasteiger partial charge is 0.507 e.